The Hall–Kier alpha value is -3.13. The lowest BCUT2D eigenvalue weighted by atomic mass is 10.0. The van der Waals surface area contributed by atoms with Crippen molar-refractivity contribution in [2.24, 2.45) is 0 Å². The van der Waals surface area contributed by atoms with Crippen LogP contribution < -0.4 is 11.2 Å². The molecule has 1 aromatic carbocycles. The number of benzene rings is 1. The number of amides is 1. The molecule has 2 aromatic heterocycles. The molecule has 3 aromatic rings. The summed E-state index contributed by atoms with van der Waals surface area (Å²) in [6, 6.07) is 8.48. The van der Waals surface area contributed by atoms with Crippen LogP contribution in [0.5, 0.6) is 0 Å². The zero-order valence-corrected chi connectivity index (χ0v) is 17.0. The van der Waals surface area contributed by atoms with Crippen LogP contribution in [0.4, 0.5) is 0 Å². The first kappa shape index (κ1) is 20.2. The molecule has 1 saturated heterocycles. The summed E-state index contributed by atoms with van der Waals surface area (Å²) in [6.45, 7) is 0.406. The van der Waals surface area contributed by atoms with Crippen molar-refractivity contribution in [1.82, 2.24) is 19.4 Å². The van der Waals surface area contributed by atoms with Crippen LogP contribution in [-0.2, 0) is 17.8 Å². The zero-order chi connectivity index (χ0) is 21.1. The van der Waals surface area contributed by atoms with Gasteiger partial charge in [-0.15, -0.1) is 0 Å². The molecule has 9 heteroatoms. The van der Waals surface area contributed by atoms with E-state index in [0.717, 1.165) is 24.8 Å². The first-order valence-corrected chi connectivity index (χ1v) is 10.2. The molecule has 3 heterocycles. The van der Waals surface area contributed by atoms with Gasteiger partial charge >= 0.3 is 5.69 Å². The summed E-state index contributed by atoms with van der Waals surface area (Å²) in [5.41, 5.74) is -0.163. The molecule has 1 fully saturated rings. The summed E-state index contributed by atoms with van der Waals surface area (Å²) in [7, 11) is 0. The van der Waals surface area contributed by atoms with E-state index in [-0.39, 0.29) is 18.5 Å². The average Bonchev–Trinajstić information content (AvgIpc) is 3.20. The van der Waals surface area contributed by atoms with Crippen molar-refractivity contribution in [2.45, 2.75) is 38.3 Å². The predicted molar refractivity (Wildman–Crippen MR) is 110 cm³/mol. The summed E-state index contributed by atoms with van der Waals surface area (Å²) in [4.78, 5) is 44.3. The number of H-pyrrole nitrogens is 1. The monoisotopic (exact) mass is 428 g/mol. The second-order valence-corrected chi connectivity index (χ2v) is 7.68. The Balaban J connectivity index is 1.51. The van der Waals surface area contributed by atoms with Crippen molar-refractivity contribution in [1.29, 1.82) is 0 Å². The number of likely N-dealkylation sites (tertiary alicyclic amines) is 1. The molecule has 30 heavy (non-hydrogen) atoms. The number of carbonyl (C=O) groups is 1. The minimum absolute atomic E-state index is 0.153. The molecule has 0 bridgehead atoms. The molecule has 1 aliphatic heterocycles. The zero-order valence-electron chi connectivity index (χ0n) is 16.2. The third-order valence-electron chi connectivity index (χ3n) is 5.20. The highest BCUT2D eigenvalue weighted by Gasteiger charge is 2.31. The van der Waals surface area contributed by atoms with Gasteiger partial charge in [-0.05, 0) is 30.9 Å². The molecule has 1 amide bonds. The number of aromatic amines is 1. The molecular weight excluding hydrogens is 408 g/mol. The van der Waals surface area contributed by atoms with E-state index >= 15 is 0 Å². The number of nitrogens with one attached hydrogen (secondary N) is 1. The maximum absolute atomic E-state index is 12.9. The van der Waals surface area contributed by atoms with E-state index in [1.165, 1.54) is 16.8 Å². The molecule has 0 radical (unpaired) electrons. The van der Waals surface area contributed by atoms with Gasteiger partial charge in [-0.1, -0.05) is 29.8 Å². The maximum atomic E-state index is 12.9. The number of hydrogen-bond donors (Lipinski definition) is 1. The highest BCUT2D eigenvalue weighted by Crippen LogP contribution is 2.31. The van der Waals surface area contributed by atoms with Gasteiger partial charge in [0, 0.05) is 30.3 Å². The summed E-state index contributed by atoms with van der Waals surface area (Å²) in [6.07, 6.45) is 6.07. The van der Waals surface area contributed by atoms with E-state index < -0.39 is 11.2 Å². The third-order valence-corrected chi connectivity index (χ3v) is 5.57. The lowest BCUT2D eigenvalue weighted by Gasteiger charge is -2.33. The maximum Gasteiger partial charge on any atom is 0.328 e. The Kier molecular flexibility index (Phi) is 5.85. The Morgan fingerprint density at radius 2 is 2.07 bits per heavy atom. The van der Waals surface area contributed by atoms with E-state index in [1.807, 2.05) is 24.3 Å². The first-order chi connectivity index (χ1) is 14.5. The van der Waals surface area contributed by atoms with E-state index in [0.29, 0.717) is 29.6 Å². The average molecular weight is 429 g/mol. The van der Waals surface area contributed by atoms with Crippen LogP contribution in [0.3, 0.4) is 0 Å². The second kappa shape index (κ2) is 8.71. The minimum Gasteiger partial charge on any atom is -0.443 e. The van der Waals surface area contributed by atoms with Crippen LogP contribution in [0.2, 0.25) is 5.02 Å². The number of oxazole rings is 1. The van der Waals surface area contributed by atoms with Gasteiger partial charge in [-0.2, -0.15) is 0 Å². The molecule has 0 spiro atoms. The number of piperidine rings is 1. The van der Waals surface area contributed by atoms with Crippen molar-refractivity contribution in [3.8, 4) is 0 Å². The molecule has 4 rings (SSSR count). The number of hydrogen-bond acceptors (Lipinski definition) is 5. The van der Waals surface area contributed by atoms with Crippen LogP contribution in [-0.4, -0.2) is 31.9 Å². The SMILES string of the molecule is O=C(Cn1ccc(=O)[nH]c1=O)N1CCCC[C@H]1c1ncc(Cc2ccccc2Cl)o1. The van der Waals surface area contributed by atoms with Crippen LogP contribution in [0.1, 0.15) is 42.5 Å². The van der Waals surface area contributed by atoms with Gasteiger partial charge in [-0.25, -0.2) is 9.78 Å². The predicted octanol–water partition coefficient (Wildman–Crippen LogP) is 2.52. The number of nitrogens with zero attached hydrogens (tertiary/aromatic N) is 3. The fourth-order valence-corrected chi connectivity index (χ4v) is 3.88. The highest BCUT2D eigenvalue weighted by atomic mass is 35.5. The molecule has 1 N–H and O–H groups in total. The molecule has 156 valence electrons. The summed E-state index contributed by atoms with van der Waals surface area (Å²) in [5.74, 6) is 0.937. The molecule has 8 nitrogen and oxygen atoms in total. The normalized spacial score (nSPS) is 16.6. The van der Waals surface area contributed by atoms with E-state index in [2.05, 4.69) is 9.97 Å². The summed E-state index contributed by atoms with van der Waals surface area (Å²) < 4.78 is 7.16. The van der Waals surface area contributed by atoms with Gasteiger partial charge < -0.3 is 9.32 Å². The molecule has 0 unspecified atom stereocenters. The highest BCUT2D eigenvalue weighted by molar-refractivity contribution is 6.31. The lowest BCUT2D eigenvalue weighted by Crippen LogP contribution is -2.42. The van der Waals surface area contributed by atoms with Gasteiger partial charge in [0.05, 0.1) is 6.20 Å². The number of carbonyl (C=O) groups excluding carboxylic acids is 1. The fourth-order valence-electron chi connectivity index (χ4n) is 3.68. The van der Waals surface area contributed by atoms with E-state index in [4.69, 9.17) is 16.0 Å². The number of halogens is 1. The van der Waals surface area contributed by atoms with Gasteiger partial charge in [0.2, 0.25) is 11.8 Å². The second-order valence-electron chi connectivity index (χ2n) is 7.27. The number of rotatable bonds is 5. The quantitative estimate of drug-likeness (QED) is 0.672. The van der Waals surface area contributed by atoms with Crippen LogP contribution in [0.25, 0.3) is 0 Å². The van der Waals surface area contributed by atoms with Gasteiger partial charge in [0.1, 0.15) is 18.3 Å². The van der Waals surface area contributed by atoms with Gasteiger partial charge in [-0.3, -0.25) is 19.1 Å². The van der Waals surface area contributed by atoms with Crippen LogP contribution in [0.15, 0.2) is 56.7 Å². The van der Waals surface area contributed by atoms with Crippen molar-refractivity contribution in [3.63, 3.8) is 0 Å². The lowest BCUT2D eigenvalue weighted by molar-refractivity contribution is -0.136. The van der Waals surface area contributed by atoms with Crippen LogP contribution >= 0.6 is 11.6 Å². The van der Waals surface area contributed by atoms with Gasteiger partial charge in [0.15, 0.2) is 0 Å². The standard InChI is InChI=1S/C21H21ClN4O4/c22-16-6-2-1-5-14(16)11-15-12-23-20(30-15)17-7-3-4-9-26(17)19(28)13-25-10-8-18(27)24-21(25)29/h1-2,5-6,8,10,12,17H,3-4,7,9,11,13H2,(H,24,27,29)/t17-/m0/s1. The van der Waals surface area contributed by atoms with E-state index in [1.54, 1.807) is 11.1 Å². The molecule has 1 atom stereocenters. The topological polar surface area (TPSA) is 101 Å². The summed E-state index contributed by atoms with van der Waals surface area (Å²) in [5, 5.41) is 0.663. The van der Waals surface area contributed by atoms with Crippen molar-refractivity contribution < 1.29 is 9.21 Å². The van der Waals surface area contributed by atoms with E-state index in [9.17, 15) is 14.4 Å². The molecule has 0 saturated carbocycles. The first-order valence-electron chi connectivity index (χ1n) is 9.78. The largest absolute Gasteiger partial charge is 0.443 e. The number of aromatic nitrogens is 3. The minimum atomic E-state index is -0.609. The molecular formula is C21H21ClN4O4. The third kappa shape index (κ3) is 4.38. The smallest absolute Gasteiger partial charge is 0.328 e. The fraction of sp³-hybridized carbons (Fsp3) is 0.333. The Bertz CT molecular complexity index is 1170. The van der Waals surface area contributed by atoms with Crippen molar-refractivity contribution in [2.75, 3.05) is 6.54 Å². The Morgan fingerprint density at radius 1 is 1.23 bits per heavy atom. The van der Waals surface area contributed by atoms with Crippen molar-refractivity contribution in [3.05, 3.63) is 85.8 Å². The van der Waals surface area contributed by atoms with Crippen LogP contribution in [0, 0.1) is 0 Å². The Labute approximate surface area is 177 Å². The Morgan fingerprint density at radius 3 is 2.87 bits per heavy atom. The summed E-state index contributed by atoms with van der Waals surface area (Å²) >= 11 is 6.23. The molecule has 0 aliphatic carbocycles. The van der Waals surface area contributed by atoms with Crippen molar-refractivity contribution >= 4 is 17.5 Å². The molecule has 1 aliphatic rings. The van der Waals surface area contributed by atoms with Gasteiger partial charge in [0.25, 0.3) is 5.56 Å².